The molecule has 2 aromatic carbocycles. The Kier molecular flexibility index (Phi) is 9.42. The number of carboxylic acids is 1. The van der Waals surface area contributed by atoms with Crippen molar-refractivity contribution in [3.05, 3.63) is 64.5 Å². The summed E-state index contributed by atoms with van der Waals surface area (Å²) in [5.74, 6) is -2.43. The van der Waals surface area contributed by atoms with Gasteiger partial charge in [-0.1, -0.05) is 52.8 Å². The number of nitrogens with one attached hydrogen (secondary N) is 1. The molecule has 0 spiro atoms. The zero-order chi connectivity index (χ0) is 30.6. The van der Waals surface area contributed by atoms with E-state index in [2.05, 4.69) is 15.6 Å². The van der Waals surface area contributed by atoms with Crippen molar-refractivity contribution < 1.29 is 29.0 Å². The van der Waals surface area contributed by atoms with Gasteiger partial charge in [-0.2, -0.15) is 0 Å². The van der Waals surface area contributed by atoms with Crippen LogP contribution >= 0.6 is 0 Å². The molecule has 12 nitrogen and oxygen atoms in total. The summed E-state index contributed by atoms with van der Waals surface area (Å²) in [6.45, 7) is 13.1. The van der Waals surface area contributed by atoms with Gasteiger partial charge < -0.3 is 26.6 Å². The molecule has 0 aliphatic rings. The number of aromatic nitrogens is 3. The number of methoxy groups -OCH3 is 1. The average Bonchev–Trinajstić information content (AvgIpc) is 3.33. The fourth-order valence-electron chi connectivity index (χ4n) is 3.23. The predicted octanol–water partition coefficient (Wildman–Crippen LogP) is 3.45. The number of hydrogen-bond acceptors (Lipinski definition) is 7. The van der Waals surface area contributed by atoms with E-state index < -0.39 is 17.8 Å². The molecule has 12 heteroatoms. The predicted molar refractivity (Wildman–Crippen MR) is 150 cm³/mol. The number of aromatic carboxylic acids is 1. The summed E-state index contributed by atoms with van der Waals surface area (Å²) >= 11 is 0. The topological polar surface area (TPSA) is 193 Å². The zero-order valence-electron chi connectivity index (χ0n) is 23.9. The fourth-order valence-corrected chi connectivity index (χ4v) is 3.23. The SMILES string of the molecule is CC(C)(C)C(N)=O.COc1c(NC(=O)c2ccc(C)c(-n3cc(C(=O)O)nn3)c2)cc(C(C)(C)C)cc1C(N)=O. The van der Waals surface area contributed by atoms with E-state index in [1.807, 2.05) is 20.8 Å². The number of amides is 3. The van der Waals surface area contributed by atoms with E-state index in [9.17, 15) is 19.2 Å². The minimum absolute atomic E-state index is 0.161. The lowest BCUT2D eigenvalue weighted by Crippen LogP contribution is -2.27. The van der Waals surface area contributed by atoms with Gasteiger partial charge >= 0.3 is 5.97 Å². The first kappa shape index (κ1) is 31.5. The molecule has 0 saturated carbocycles. The second-order valence-corrected chi connectivity index (χ2v) is 11.1. The molecule has 0 radical (unpaired) electrons. The van der Waals surface area contributed by atoms with E-state index in [1.165, 1.54) is 18.0 Å². The Hall–Kier alpha value is -4.74. The fraction of sp³-hybridized carbons (Fsp3) is 0.357. The van der Waals surface area contributed by atoms with Crippen LogP contribution in [0.3, 0.4) is 0 Å². The number of carboxylic acid groups (broad SMARTS) is 1. The molecule has 0 aliphatic carbocycles. The average molecular weight is 553 g/mol. The number of benzene rings is 2. The van der Waals surface area contributed by atoms with Gasteiger partial charge in [-0.25, -0.2) is 9.48 Å². The first-order valence-corrected chi connectivity index (χ1v) is 12.3. The van der Waals surface area contributed by atoms with E-state index in [0.717, 1.165) is 11.1 Å². The van der Waals surface area contributed by atoms with Crippen LogP contribution in [0.4, 0.5) is 5.69 Å². The quantitative estimate of drug-likeness (QED) is 0.357. The third-order valence-corrected chi connectivity index (χ3v) is 5.84. The first-order valence-electron chi connectivity index (χ1n) is 12.3. The lowest BCUT2D eigenvalue weighted by molar-refractivity contribution is -0.125. The van der Waals surface area contributed by atoms with Crippen LogP contribution in [0.25, 0.3) is 5.69 Å². The molecule has 0 fully saturated rings. The number of nitrogens with zero attached hydrogens (tertiary/aromatic N) is 3. The molecular weight excluding hydrogens is 516 g/mol. The summed E-state index contributed by atoms with van der Waals surface area (Å²) in [5.41, 5.74) is 12.4. The van der Waals surface area contributed by atoms with Gasteiger partial charge in [0.15, 0.2) is 11.4 Å². The molecule has 0 unspecified atom stereocenters. The van der Waals surface area contributed by atoms with Crippen LogP contribution in [0, 0.1) is 12.3 Å². The number of hydrogen-bond donors (Lipinski definition) is 4. The summed E-state index contributed by atoms with van der Waals surface area (Å²) in [6, 6.07) is 8.31. The maximum atomic E-state index is 13.1. The van der Waals surface area contributed by atoms with Gasteiger partial charge in [0.2, 0.25) is 5.91 Å². The van der Waals surface area contributed by atoms with E-state index in [-0.39, 0.29) is 39.3 Å². The molecule has 0 atom stereocenters. The van der Waals surface area contributed by atoms with Crippen LogP contribution in [-0.4, -0.2) is 50.9 Å². The Morgan fingerprint density at radius 3 is 2.05 bits per heavy atom. The third-order valence-electron chi connectivity index (χ3n) is 5.84. The lowest BCUT2D eigenvalue weighted by atomic mass is 9.85. The van der Waals surface area contributed by atoms with Crippen LogP contribution in [-0.2, 0) is 10.2 Å². The number of ether oxygens (including phenoxy) is 1. The Bertz CT molecular complexity index is 1450. The van der Waals surface area contributed by atoms with Crippen LogP contribution in [0.5, 0.6) is 5.75 Å². The van der Waals surface area contributed by atoms with Gasteiger partial charge in [-0.15, -0.1) is 5.10 Å². The Labute approximate surface area is 232 Å². The molecule has 3 rings (SSSR count). The number of anilines is 1. The van der Waals surface area contributed by atoms with Crippen molar-refractivity contribution in [2.24, 2.45) is 16.9 Å². The summed E-state index contributed by atoms with van der Waals surface area (Å²) < 4.78 is 6.68. The Morgan fingerprint density at radius 2 is 1.60 bits per heavy atom. The maximum Gasteiger partial charge on any atom is 0.358 e. The van der Waals surface area contributed by atoms with Crippen LogP contribution in [0.1, 0.15) is 83.9 Å². The van der Waals surface area contributed by atoms with Gasteiger partial charge in [0.25, 0.3) is 11.8 Å². The second kappa shape index (κ2) is 12.0. The minimum atomic E-state index is -1.20. The number of carbonyl (C=O) groups is 4. The minimum Gasteiger partial charge on any atom is -0.494 e. The van der Waals surface area contributed by atoms with Gasteiger partial charge in [0.1, 0.15) is 0 Å². The number of rotatable bonds is 6. The number of aryl methyl sites for hydroxylation is 1. The first-order chi connectivity index (χ1) is 18.4. The van der Waals surface area contributed by atoms with Crippen molar-refractivity contribution in [2.75, 3.05) is 12.4 Å². The number of primary amides is 2. The molecule has 214 valence electrons. The monoisotopic (exact) mass is 552 g/mol. The molecule has 0 aliphatic heterocycles. The van der Waals surface area contributed by atoms with Gasteiger partial charge in [0, 0.05) is 11.0 Å². The van der Waals surface area contributed by atoms with E-state index in [4.69, 9.17) is 21.3 Å². The van der Waals surface area contributed by atoms with E-state index >= 15 is 0 Å². The van der Waals surface area contributed by atoms with Gasteiger partial charge in [-0.05, 0) is 47.7 Å². The van der Waals surface area contributed by atoms with E-state index in [1.54, 1.807) is 58.0 Å². The van der Waals surface area contributed by atoms with Crippen LogP contribution < -0.4 is 21.5 Å². The van der Waals surface area contributed by atoms with Crippen LogP contribution in [0.15, 0.2) is 36.5 Å². The Balaban J connectivity index is 0.000000708. The largest absolute Gasteiger partial charge is 0.494 e. The highest BCUT2D eigenvalue weighted by Gasteiger charge is 2.23. The number of carbonyl (C=O) groups excluding carboxylic acids is 3. The summed E-state index contributed by atoms with van der Waals surface area (Å²) in [6.07, 6.45) is 1.27. The molecule has 3 amide bonds. The highest BCUT2D eigenvalue weighted by Crippen LogP contribution is 2.35. The highest BCUT2D eigenvalue weighted by molar-refractivity contribution is 6.07. The van der Waals surface area contributed by atoms with Crippen molar-refractivity contribution in [1.82, 2.24) is 15.0 Å². The van der Waals surface area contributed by atoms with Crippen molar-refractivity contribution in [2.45, 2.75) is 53.9 Å². The van der Waals surface area contributed by atoms with Crippen molar-refractivity contribution >= 4 is 29.4 Å². The third kappa shape index (κ3) is 7.65. The molecule has 0 bridgehead atoms. The standard InChI is InChI=1S/C23H25N5O5.C5H11NO/c1-12-6-7-13(8-18(12)28-11-17(22(31)32)26-27-28)21(30)25-16-10-14(23(2,3)4)9-15(20(24)29)19(16)33-5;1-5(2,3)4(6)7/h6-11H,1-5H3,(H2,24,29)(H,25,30)(H,31,32);1-3H3,(H2,6,7). The smallest absolute Gasteiger partial charge is 0.358 e. The summed E-state index contributed by atoms with van der Waals surface area (Å²) in [5, 5.41) is 19.3. The van der Waals surface area contributed by atoms with Crippen molar-refractivity contribution in [1.29, 1.82) is 0 Å². The molecular formula is C28H36N6O6. The van der Waals surface area contributed by atoms with E-state index in [0.29, 0.717) is 11.4 Å². The van der Waals surface area contributed by atoms with Crippen molar-refractivity contribution in [3.63, 3.8) is 0 Å². The Morgan fingerprint density at radius 1 is 1.00 bits per heavy atom. The molecule has 6 N–H and O–H groups in total. The summed E-state index contributed by atoms with van der Waals surface area (Å²) in [7, 11) is 1.39. The molecule has 3 aromatic rings. The lowest BCUT2D eigenvalue weighted by Gasteiger charge is -2.23. The molecule has 0 saturated heterocycles. The second-order valence-electron chi connectivity index (χ2n) is 11.1. The molecule has 1 heterocycles. The highest BCUT2D eigenvalue weighted by atomic mass is 16.5. The van der Waals surface area contributed by atoms with Crippen molar-refractivity contribution in [3.8, 4) is 11.4 Å². The van der Waals surface area contributed by atoms with Gasteiger partial charge in [-0.3, -0.25) is 14.4 Å². The number of nitrogens with two attached hydrogens (primary N) is 2. The normalized spacial score (nSPS) is 11.2. The maximum absolute atomic E-state index is 13.1. The van der Waals surface area contributed by atoms with Crippen LogP contribution in [0.2, 0.25) is 0 Å². The summed E-state index contributed by atoms with van der Waals surface area (Å²) in [4.78, 5) is 46.5. The molecule has 40 heavy (non-hydrogen) atoms. The zero-order valence-corrected chi connectivity index (χ0v) is 23.9. The molecule has 1 aromatic heterocycles. The van der Waals surface area contributed by atoms with Gasteiger partial charge in [0.05, 0.1) is 30.2 Å².